The molecule has 5 rings (SSSR count). The second-order valence-corrected chi connectivity index (χ2v) is 7.48. The molecule has 0 atom stereocenters. The van der Waals surface area contributed by atoms with E-state index in [1.807, 2.05) is 72.5 Å². The van der Waals surface area contributed by atoms with Gasteiger partial charge in [-0.05, 0) is 47.4 Å². The number of carbonyl (C=O) groups excluding carboxylic acids is 1. The van der Waals surface area contributed by atoms with Crippen molar-refractivity contribution in [3.05, 3.63) is 95.0 Å². The summed E-state index contributed by atoms with van der Waals surface area (Å²) in [6, 6.07) is 13.6. The van der Waals surface area contributed by atoms with Crippen LogP contribution in [0.15, 0.2) is 78.3 Å². The maximum absolute atomic E-state index is 15.1. The summed E-state index contributed by atoms with van der Waals surface area (Å²) in [7, 11) is 1.90. The number of amides is 1. The molecule has 0 N–H and O–H groups in total. The van der Waals surface area contributed by atoms with Crippen LogP contribution in [0.4, 0.5) is 4.39 Å². The number of aromatic nitrogens is 2. The topological polar surface area (TPSA) is 38.1 Å². The summed E-state index contributed by atoms with van der Waals surface area (Å²) in [4.78, 5) is 14.3. The quantitative estimate of drug-likeness (QED) is 0.650. The Kier molecular flexibility index (Phi) is 4.16. The van der Waals surface area contributed by atoms with Crippen LogP contribution in [0, 0.1) is 0 Å². The minimum Gasteiger partial charge on any atom is -0.330 e. The van der Waals surface area contributed by atoms with Gasteiger partial charge in [-0.15, -0.1) is 0 Å². The second kappa shape index (κ2) is 6.85. The van der Waals surface area contributed by atoms with Crippen molar-refractivity contribution in [2.45, 2.75) is 13.0 Å². The molecule has 0 spiro atoms. The Morgan fingerprint density at radius 1 is 1.14 bits per heavy atom. The molecule has 1 amide bonds. The monoisotopic (exact) mass is 385 g/mol. The van der Waals surface area contributed by atoms with E-state index in [4.69, 9.17) is 0 Å². The van der Waals surface area contributed by atoms with Crippen molar-refractivity contribution < 1.29 is 9.18 Å². The minimum atomic E-state index is -0.288. The Bertz CT molecular complexity index is 1230. The van der Waals surface area contributed by atoms with Crippen molar-refractivity contribution in [2.75, 3.05) is 6.54 Å². The smallest absolute Gasteiger partial charge is 0.254 e. The Morgan fingerprint density at radius 2 is 2.00 bits per heavy atom. The fourth-order valence-corrected chi connectivity index (χ4v) is 4.05. The zero-order valence-electron chi connectivity index (χ0n) is 16.1. The van der Waals surface area contributed by atoms with Crippen molar-refractivity contribution in [3.8, 4) is 0 Å². The van der Waals surface area contributed by atoms with E-state index in [1.165, 1.54) is 0 Å². The summed E-state index contributed by atoms with van der Waals surface area (Å²) < 4.78 is 16.9. The Balaban J connectivity index is 1.38. The lowest BCUT2D eigenvalue weighted by Gasteiger charge is -2.17. The van der Waals surface area contributed by atoms with Crippen molar-refractivity contribution in [1.29, 1.82) is 0 Å². The molecule has 29 heavy (non-hydrogen) atoms. The van der Waals surface area contributed by atoms with Gasteiger partial charge in [0, 0.05) is 36.7 Å². The third-order valence-electron chi connectivity index (χ3n) is 5.63. The molecule has 2 heterocycles. The zero-order valence-corrected chi connectivity index (χ0v) is 16.1. The lowest BCUT2D eigenvalue weighted by Crippen LogP contribution is -2.26. The molecule has 0 radical (unpaired) electrons. The highest BCUT2D eigenvalue weighted by molar-refractivity contribution is 5.98. The number of halogens is 1. The number of benzene rings is 2. The third-order valence-corrected chi connectivity index (χ3v) is 5.63. The van der Waals surface area contributed by atoms with Gasteiger partial charge in [-0.1, -0.05) is 36.4 Å². The summed E-state index contributed by atoms with van der Waals surface area (Å²) in [6.07, 6.45) is 7.90. The highest BCUT2D eigenvalue weighted by Crippen LogP contribution is 2.30. The first kappa shape index (κ1) is 17.6. The highest BCUT2D eigenvalue weighted by atomic mass is 19.1. The molecule has 3 aromatic rings. The van der Waals surface area contributed by atoms with Crippen LogP contribution >= 0.6 is 0 Å². The highest BCUT2D eigenvalue weighted by Gasteiger charge is 2.28. The predicted molar refractivity (Wildman–Crippen MR) is 112 cm³/mol. The molecule has 2 aliphatic rings. The van der Waals surface area contributed by atoms with Crippen LogP contribution in [0.5, 0.6) is 0 Å². The van der Waals surface area contributed by atoms with E-state index in [1.54, 1.807) is 11.0 Å². The lowest BCUT2D eigenvalue weighted by molar-refractivity contribution is 0.0792. The fraction of sp³-hybridized carbons (Fsp3) is 0.167. The van der Waals surface area contributed by atoms with Gasteiger partial charge in [0.15, 0.2) is 0 Å². The molecule has 144 valence electrons. The molecule has 1 aliphatic carbocycles. The van der Waals surface area contributed by atoms with E-state index in [0.29, 0.717) is 18.5 Å². The van der Waals surface area contributed by atoms with Crippen LogP contribution < -0.4 is 0 Å². The number of aryl methyl sites for hydroxylation is 1. The average molecular weight is 385 g/mol. The van der Waals surface area contributed by atoms with Crippen LogP contribution in [0.1, 0.15) is 27.9 Å². The summed E-state index contributed by atoms with van der Waals surface area (Å²) in [5.41, 5.74) is 5.11. The van der Waals surface area contributed by atoms with E-state index >= 15 is 4.39 Å². The Morgan fingerprint density at radius 3 is 2.86 bits per heavy atom. The van der Waals surface area contributed by atoms with Gasteiger partial charge < -0.3 is 4.90 Å². The average Bonchev–Trinajstić information content (AvgIpc) is 3.19. The van der Waals surface area contributed by atoms with Gasteiger partial charge in [-0.25, -0.2) is 4.39 Å². The number of carbonyl (C=O) groups is 1. The number of hydrogen-bond donors (Lipinski definition) is 0. The van der Waals surface area contributed by atoms with Gasteiger partial charge >= 0.3 is 0 Å². The molecule has 0 saturated heterocycles. The molecule has 1 aliphatic heterocycles. The number of rotatable bonds is 3. The van der Waals surface area contributed by atoms with Gasteiger partial charge in [0.2, 0.25) is 0 Å². The summed E-state index contributed by atoms with van der Waals surface area (Å²) in [6.45, 7) is 0.802. The first-order valence-electron chi connectivity index (χ1n) is 9.66. The Labute approximate surface area is 168 Å². The zero-order chi connectivity index (χ0) is 20.0. The van der Waals surface area contributed by atoms with Gasteiger partial charge in [0.05, 0.1) is 11.7 Å². The number of allylic oxidation sites excluding steroid dienone is 4. The van der Waals surface area contributed by atoms with Crippen molar-refractivity contribution in [2.24, 2.45) is 7.05 Å². The maximum Gasteiger partial charge on any atom is 0.254 e. The maximum atomic E-state index is 15.1. The van der Waals surface area contributed by atoms with Crippen LogP contribution in [0.3, 0.4) is 0 Å². The van der Waals surface area contributed by atoms with Crippen LogP contribution in [0.25, 0.3) is 16.5 Å². The van der Waals surface area contributed by atoms with Crippen LogP contribution in [-0.2, 0) is 13.6 Å². The van der Waals surface area contributed by atoms with Gasteiger partial charge in [0.25, 0.3) is 5.91 Å². The molecule has 1 aromatic heterocycles. The van der Waals surface area contributed by atoms with Crippen molar-refractivity contribution >= 4 is 22.4 Å². The molecule has 4 nitrogen and oxygen atoms in total. The van der Waals surface area contributed by atoms with Crippen LogP contribution in [-0.4, -0.2) is 27.1 Å². The molecular formula is C24H20FN3O. The summed E-state index contributed by atoms with van der Waals surface area (Å²) >= 11 is 0. The molecule has 2 aromatic carbocycles. The van der Waals surface area contributed by atoms with Gasteiger partial charge in [-0.3, -0.25) is 9.48 Å². The molecule has 0 saturated carbocycles. The Hall–Kier alpha value is -3.47. The first-order valence-corrected chi connectivity index (χ1v) is 9.66. The van der Waals surface area contributed by atoms with E-state index in [2.05, 4.69) is 5.10 Å². The van der Waals surface area contributed by atoms with Crippen molar-refractivity contribution in [3.63, 3.8) is 0 Å². The van der Waals surface area contributed by atoms with Gasteiger partial charge in [-0.2, -0.15) is 5.10 Å². The summed E-state index contributed by atoms with van der Waals surface area (Å²) in [5.74, 6) is -0.322. The molecule has 5 heteroatoms. The minimum absolute atomic E-state index is 0.0336. The molecule has 0 bridgehead atoms. The van der Waals surface area contributed by atoms with Crippen molar-refractivity contribution in [1.82, 2.24) is 14.7 Å². The molecule has 0 unspecified atom stereocenters. The number of nitrogens with zero attached hydrogens (tertiary/aromatic N) is 3. The largest absolute Gasteiger partial charge is 0.330 e. The SMILES string of the molecule is Cn1ncc2cc(C3=CCC=C(CN4Cc5ccccc5C4=O)C(F)=C3)ccc21. The number of fused-ring (bicyclic) bond motifs is 2. The van der Waals surface area contributed by atoms with Crippen LogP contribution in [0.2, 0.25) is 0 Å². The van der Waals surface area contributed by atoms with E-state index in [9.17, 15) is 4.79 Å². The fourth-order valence-electron chi connectivity index (χ4n) is 4.05. The standard InChI is InChI=1S/C24H20FN3O/c1-27-23-10-9-17(11-20(23)13-26-27)16-6-4-7-19(22(25)12-16)15-28-14-18-5-2-3-8-21(18)24(28)29/h2-3,5-13H,4,14-15H2,1H3. The molecule has 0 fully saturated rings. The second-order valence-electron chi connectivity index (χ2n) is 7.48. The lowest BCUT2D eigenvalue weighted by atomic mass is 10.0. The summed E-state index contributed by atoms with van der Waals surface area (Å²) in [5, 5.41) is 5.29. The molecular weight excluding hydrogens is 365 g/mol. The third kappa shape index (κ3) is 3.09. The van der Waals surface area contributed by atoms with Gasteiger partial charge in [0.1, 0.15) is 5.83 Å². The van der Waals surface area contributed by atoms with E-state index in [0.717, 1.165) is 33.2 Å². The first-order chi connectivity index (χ1) is 14.1. The number of hydrogen-bond acceptors (Lipinski definition) is 2. The predicted octanol–water partition coefficient (Wildman–Crippen LogP) is 4.80. The normalized spacial score (nSPS) is 16.4. The van der Waals surface area contributed by atoms with E-state index < -0.39 is 0 Å². The van der Waals surface area contributed by atoms with E-state index in [-0.39, 0.29) is 18.3 Å².